The van der Waals surface area contributed by atoms with Crippen LogP contribution in [0.25, 0.3) is 110 Å². The zero-order valence-corrected chi connectivity index (χ0v) is 31.4. The van der Waals surface area contributed by atoms with Crippen molar-refractivity contribution in [3.05, 3.63) is 206 Å². The van der Waals surface area contributed by atoms with Crippen molar-refractivity contribution in [1.82, 2.24) is 9.13 Å². The molecular formula is C55H33N3. The highest BCUT2D eigenvalue weighted by Crippen LogP contribution is 2.46. The van der Waals surface area contributed by atoms with Crippen LogP contribution in [0.5, 0.6) is 0 Å². The van der Waals surface area contributed by atoms with Crippen LogP contribution in [0.15, 0.2) is 200 Å². The lowest BCUT2D eigenvalue weighted by Crippen LogP contribution is -1.99. The van der Waals surface area contributed by atoms with E-state index in [2.05, 4.69) is 215 Å². The largest absolute Gasteiger partial charge is 0.309 e. The molecule has 3 heteroatoms. The summed E-state index contributed by atoms with van der Waals surface area (Å²) in [5.41, 5.74) is 11.9. The predicted octanol–water partition coefficient (Wildman–Crippen LogP) is 14.5. The van der Waals surface area contributed by atoms with Crippen molar-refractivity contribution >= 4 is 75.9 Å². The molecule has 0 fully saturated rings. The van der Waals surface area contributed by atoms with Gasteiger partial charge in [0, 0.05) is 32.8 Å². The first-order valence-corrected chi connectivity index (χ1v) is 19.7. The van der Waals surface area contributed by atoms with E-state index in [9.17, 15) is 5.26 Å². The molecule has 0 amide bonds. The minimum absolute atomic E-state index is 0.645. The number of nitrogens with zero attached hydrogens (tertiary/aromatic N) is 3. The van der Waals surface area contributed by atoms with E-state index in [0.29, 0.717) is 5.56 Å². The van der Waals surface area contributed by atoms with Gasteiger partial charge in [0.25, 0.3) is 0 Å². The number of hydrogen-bond donors (Lipinski definition) is 0. The van der Waals surface area contributed by atoms with Crippen molar-refractivity contribution in [2.24, 2.45) is 0 Å². The molecule has 2 aromatic heterocycles. The van der Waals surface area contributed by atoms with Crippen molar-refractivity contribution in [2.45, 2.75) is 0 Å². The third kappa shape index (κ3) is 4.61. The average molecular weight is 736 g/mol. The summed E-state index contributed by atoms with van der Waals surface area (Å²) in [6.07, 6.45) is 0. The van der Waals surface area contributed by atoms with Crippen LogP contribution in [0.3, 0.4) is 0 Å². The van der Waals surface area contributed by atoms with Crippen molar-refractivity contribution in [3.8, 4) is 39.7 Å². The molecule has 0 unspecified atom stereocenters. The zero-order valence-electron chi connectivity index (χ0n) is 31.4. The molecule has 0 saturated carbocycles. The minimum atomic E-state index is 0.645. The van der Waals surface area contributed by atoms with Crippen LogP contribution in [0.2, 0.25) is 0 Å². The Labute approximate surface area is 334 Å². The molecule has 0 aliphatic rings. The van der Waals surface area contributed by atoms with E-state index >= 15 is 0 Å². The molecule has 58 heavy (non-hydrogen) atoms. The fraction of sp³-hybridized carbons (Fsp3) is 0. The third-order valence-corrected chi connectivity index (χ3v) is 12.1. The van der Waals surface area contributed by atoms with Gasteiger partial charge in [0.05, 0.1) is 39.4 Å². The van der Waals surface area contributed by atoms with E-state index < -0.39 is 0 Å². The second kappa shape index (κ2) is 12.5. The maximum atomic E-state index is 10.5. The van der Waals surface area contributed by atoms with Crippen molar-refractivity contribution in [2.75, 3.05) is 0 Å². The SMILES string of the molecule is N#Cc1cc(-c2ccccc2-c2ccccc2-n2c3ccccc3c3cc4c5ccccc5n(-c5ccccc5)c4cc32)c2c3ccccc3c3ccccc3c2c1. The summed E-state index contributed by atoms with van der Waals surface area (Å²) in [5, 5.41) is 22.3. The first kappa shape index (κ1) is 32.3. The van der Waals surface area contributed by atoms with Crippen molar-refractivity contribution < 1.29 is 0 Å². The monoisotopic (exact) mass is 735 g/mol. The lowest BCUT2D eigenvalue weighted by atomic mass is 9.85. The Kier molecular flexibility index (Phi) is 6.99. The van der Waals surface area contributed by atoms with E-state index in [1.807, 2.05) is 0 Å². The van der Waals surface area contributed by atoms with Gasteiger partial charge >= 0.3 is 0 Å². The molecular weight excluding hydrogens is 703 g/mol. The maximum Gasteiger partial charge on any atom is 0.0992 e. The standard InChI is InChI=1S/C55H33N3/c56-34-35-30-48-40-21-6-4-18-37(40)39-20-8-9-26-45(39)55(48)49(31-35)41-22-7-5-19-38(41)42-23-10-14-28-51(42)58-52-29-15-12-25-44(52)47-32-46-43-24-11-13-27-50(43)57(53(46)33-54(47)58)36-16-2-1-3-17-36/h1-33H. The number of fused-ring (bicyclic) bond motifs is 12. The lowest BCUT2D eigenvalue weighted by Gasteiger charge is -2.19. The molecule has 2 heterocycles. The second-order valence-electron chi connectivity index (χ2n) is 15.1. The molecule has 0 saturated heterocycles. The lowest BCUT2D eigenvalue weighted by molar-refractivity contribution is 1.17. The Hall–Kier alpha value is -7.93. The molecule has 0 spiro atoms. The minimum Gasteiger partial charge on any atom is -0.309 e. The number of para-hydroxylation sites is 4. The molecule has 268 valence electrons. The summed E-state index contributed by atoms with van der Waals surface area (Å²) in [5.74, 6) is 0. The second-order valence-corrected chi connectivity index (χ2v) is 15.1. The van der Waals surface area contributed by atoms with Crippen LogP contribution in [-0.4, -0.2) is 9.13 Å². The quantitative estimate of drug-likeness (QED) is 0.166. The molecule has 12 rings (SSSR count). The van der Waals surface area contributed by atoms with E-state index in [1.165, 1.54) is 48.7 Å². The summed E-state index contributed by atoms with van der Waals surface area (Å²) >= 11 is 0. The molecule has 0 radical (unpaired) electrons. The molecule has 10 aromatic carbocycles. The maximum absolute atomic E-state index is 10.5. The Morgan fingerprint density at radius 2 is 0.793 bits per heavy atom. The van der Waals surface area contributed by atoms with Crippen LogP contribution in [-0.2, 0) is 0 Å². The van der Waals surface area contributed by atoms with E-state index in [-0.39, 0.29) is 0 Å². The normalized spacial score (nSPS) is 11.8. The van der Waals surface area contributed by atoms with Gasteiger partial charge in [-0.2, -0.15) is 5.26 Å². The smallest absolute Gasteiger partial charge is 0.0992 e. The van der Waals surface area contributed by atoms with E-state index in [0.717, 1.165) is 60.8 Å². The summed E-state index contributed by atoms with van der Waals surface area (Å²) in [7, 11) is 0. The first-order chi connectivity index (χ1) is 28.8. The molecule has 0 aliphatic carbocycles. The zero-order chi connectivity index (χ0) is 38.3. The summed E-state index contributed by atoms with van der Waals surface area (Å²) in [4.78, 5) is 0. The van der Waals surface area contributed by atoms with Gasteiger partial charge in [-0.05, 0) is 104 Å². The number of nitriles is 1. The first-order valence-electron chi connectivity index (χ1n) is 19.7. The van der Waals surface area contributed by atoms with Gasteiger partial charge in [-0.25, -0.2) is 0 Å². The Morgan fingerprint density at radius 3 is 1.47 bits per heavy atom. The highest BCUT2D eigenvalue weighted by Gasteiger charge is 2.22. The van der Waals surface area contributed by atoms with Gasteiger partial charge in [0.2, 0.25) is 0 Å². The molecule has 12 aromatic rings. The number of benzene rings is 10. The molecule has 0 aliphatic heterocycles. The molecule has 0 atom stereocenters. The van der Waals surface area contributed by atoms with E-state index in [4.69, 9.17) is 0 Å². The third-order valence-electron chi connectivity index (χ3n) is 12.1. The molecule has 0 bridgehead atoms. The van der Waals surface area contributed by atoms with Gasteiger partial charge in [0.15, 0.2) is 0 Å². The summed E-state index contributed by atoms with van der Waals surface area (Å²) in [6.45, 7) is 0. The number of rotatable bonds is 4. The fourth-order valence-electron chi connectivity index (χ4n) is 9.71. The topological polar surface area (TPSA) is 33.6 Å². The fourth-order valence-corrected chi connectivity index (χ4v) is 9.71. The van der Waals surface area contributed by atoms with Crippen LogP contribution in [0.4, 0.5) is 0 Å². The van der Waals surface area contributed by atoms with Crippen LogP contribution in [0, 0.1) is 11.3 Å². The number of aromatic nitrogens is 2. The predicted molar refractivity (Wildman–Crippen MR) is 243 cm³/mol. The molecule has 3 nitrogen and oxygen atoms in total. The van der Waals surface area contributed by atoms with E-state index in [1.54, 1.807) is 0 Å². The Bertz CT molecular complexity index is 3690. The van der Waals surface area contributed by atoms with Gasteiger partial charge in [-0.15, -0.1) is 0 Å². The highest BCUT2D eigenvalue weighted by atomic mass is 15.0. The Morgan fingerprint density at radius 1 is 0.310 bits per heavy atom. The summed E-state index contributed by atoms with van der Waals surface area (Å²) in [6, 6.07) is 74.4. The van der Waals surface area contributed by atoms with Gasteiger partial charge in [0.1, 0.15) is 0 Å². The molecule has 0 N–H and O–H groups in total. The van der Waals surface area contributed by atoms with Gasteiger partial charge < -0.3 is 9.13 Å². The van der Waals surface area contributed by atoms with Crippen molar-refractivity contribution in [3.63, 3.8) is 0 Å². The van der Waals surface area contributed by atoms with Crippen molar-refractivity contribution in [1.29, 1.82) is 5.26 Å². The Balaban J connectivity index is 1.18. The van der Waals surface area contributed by atoms with Crippen LogP contribution >= 0.6 is 0 Å². The number of hydrogen-bond acceptors (Lipinski definition) is 1. The summed E-state index contributed by atoms with van der Waals surface area (Å²) < 4.78 is 4.85. The van der Waals surface area contributed by atoms with Crippen LogP contribution in [0.1, 0.15) is 5.56 Å². The van der Waals surface area contributed by atoms with Gasteiger partial charge in [-0.3, -0.25) is 0 Å². The average Bonchev–Trinajstić information content (AvgIpc) is 3.80. The van der Waals surface area contributed by atoms with Crippen LogP contribution < -0.4 is 0 Å². The highest BCUT2D eigenvalue weighted by molar-refractivity contribution is 6.29. The van der Waals surface area contributed by atoms with Gasteiger partial charge in [-0.1, -0.05) is 146 Å².